The molecule has 0 aliphatic carbocycles. The summed E-state index contributed by atoms with van der Waals surface area (Å²) in [4.78, 5) is 0. The van der Waals surface area contributed by atoms with Crippen molar-refractivity contribution in [1.29, 1.82) is 0 Å². The Morgan fingerprint density at radius 1 is 1.29 bits per heavy atom. The molecule has 78 valence electrons. The van der Waals surface area contributed by atoms with E-state index in [1.807, 2.05) is 37.3 Å². The third kappa shape index (κ3) is 3.10. The molecule has 0 saturated heterocycles. The van der Waals surface area contributed by atoms with Crippen LogP contribution in [0, 0.1) is 0 Å². The second-order valence-corrected chi connectivity index (χ2v) is 3.32. The SMILES string of the molecule is CC(c1ccccc1)C(O)NCCO. The summed E-state index contributed by atoms with van der Waals surface area (Å²) in [6.07, 6.45) is -0.607. The second kappa shape index (κ2) is 5.75. The van der Waals surface area contributed by atoms with E-state index in [9.17, 15) is 5.11 Å². The number of aliphatic hydroxyl groups is 2. The molecule has 0 fully saturated rings. The molecule has 0 radical (unpaired) electrons. The van der Waals surface area contributed by atoms with Crippen molar-refractivity contribution in [1.82, 2.24) is 5.32 Å². The van der Waals surface area contributed by atoms with Crippen LogP contribution >= 0.6 is 0 Å². The molecule has 3 nitrogen and oxygen atoms in total. The maximum atomic E-state index is 9.68. The van der Waals surface area contributed by atoms with Crippen LogP contribution in [-0.4, -0.2) is 29.6 Å². The van der Waals surface area contributed by atoms with Gasteiger partial charge in [-0.1, -0.05) is 37.3 Å². The van der Waals surface area contributed by atoms with E-state index in [1.54, 1.807) is 0 Å². The van der Waals surface area contributed by atoms with Gasteiger partial charge in [0.2, 0.25) is 0 Å². The molecule has 0 aromatic heterocycles. The summed E-state index contributed by atoms with van der Waals surface area (Å²) in [6.45, 7) is 2.40. The standard InChI is InChI=1S/C11H17NO2/c1-9(11(14)12-7-8-13)10-5-3-2-4-6-10/h2-6,9,11-14H,7-8H2,1H3. The summed E-state index contributed by atoms with van der Waals surface area (Å²) < 4.78 is 0. The van der Waals surface area contributed by atoms with Crippen LogP contribution in [0.5, 0.6) is 0 Å². The van der Waals surface area contributed by atoms with E-state index in [2.05, 4.69) is 5.32 Å². The third-order valence-electron chi connectivity index (χ3n) is 2.26. The minimum atomic E-state index is -0.607. The zero-order chi connectivity index (χ0) is 10.4. The smallest absolute Gasteiger partial charge is 0.111 e. The molecule has 0 bridgehead atoms. The van der Waals surface area contributed by atoms with Crippen LogP contribution in [0.1, 0.15) is 18.4 Å². The van der Waals surface area contributed by atoms with E-state index in [-0.39, 0.29) is 12.5 Å². The van der Waals surface area contributed by atoms with Gasteiger partial charge in [-0.25, -0.2) is 0 Å². The van der Waals surface area contributed by atoms with Crippen molar-refractivity contribution >= 4 is 0 Å². The number of benzene rings is 1. The van der Waals surface area contributed by atoms with Gasteiger partial charge in [0.1, 0.15) is 6.23 Å². The predicted octanol–water partition coefficient (Wildman–Crippen LogP) is 0.690. The van der Waals surface area contributed by atoms with Gasteiger partial charge in [-0.15, -0.1) is 0 Å². The Balaban J connectivity index is 2.52. The largest absolute Gasteiger partial charge is 0.395 e. The lowest BCUT2D eigenvalue weighted by Crippen LogP contribution is -2.35. The molecule has 1 aromatic carbocycles. The van der Waals surface area contributed by atoms with Gasteiger partial charge in [-0.2, -0.15) is 0 Å². The normalized spacial score (nSPS) is 15.1. The molecule has 3 N–H and O–H groups in total. The monoisotopic (exact) mass is 195 g/mol. The summed E-state index contributed by atoms with van der Waals surface area (Å²) in [5, 5.41) is 21.1. The van der Waals surface area contributed by atoms with Crippen LogP contribution in [0.25, 0.3) is 0 Å². The van der Waals surface area contributed by atoms with Gasteiger partial charge in [0.05, 0.1) is 6.61 Å². The van der Waals surface area contributed by atoms with Gasteiger partial charge >= 0.3 is 0 Å². The van der Waals surface area contributed by atoms with Crippen molar-refractivity contribution < 1.29 is 10.2 Å². The van der Waals surface area contributed by atoms with Crippen molar-refractivity contribution in [3.63, 3.8) is 0 Å². The Hall–Kier alpha value is -0.900. The van der Waals surface area contributed by atoms with Crippen LogP contribution in [0.15, 0.2) is 30.3 Å². The summed E-state index contributed by atoms with van der Waals surface area (Å²) in [5.74, 6) is 0.0303. The zero-order valence-corrected chi connectivity index (χ0v) is 8.35. The number of rotatable bonds is 5. The molecule has 1 aromatic rings. The molecule has 0 spiro atoms. The van der Waals surface area contributed by atoms with Crippen LogP contribution in [0.4, 0.5) is 0 Å². The van der Waals surface area contributed by atoms with E-state index in [0.29, 0.717) is 6.54 Å². The average molecular weight is 195 g/mol. The first-order valence-corrected chi connectivity index (χ1v) is 4.83. The Bertz CT molecular complexity index is 251. The fourth-order valence-corrected chi connectivity index (χ4v) is 1.33. The second-order valence-electron chi connectivity index (χ2n) is 3.32. The molecule has 0 amide bonds. The number of hydrogen-bond donors (Lipinski definition) is 3. The lowest BCUT2D eigenvalue weighted by molar-refractivity contribution is 0.106. The van der Waals surface area contributed by atoms with Gasteiger partial charge < -0.3 is 10.2 Å². The highest BCUT2D eigenvalue weighted by Gasteiger charge is 2.14. The van der Waals surface area contributed by atoms with Crippen LogP contribution in [-0.2, 0) is 0 Å². The van der Waals surface area contributed by atoms with Crippen molar-refractivity contribution in [3.8, 4) is 0 Å². The molecule has 3 heteroatoms. The Morgan fingerprint density at radius 3 is 2.50 bits per heavy atom. The lowest BCUT2D eigenvalue weighted by Gasteiger charge is -2.19. The first-order chi connectivity index (χ1) is 6.75. The van der Waals surface area contributed by atoms with Gasteiger partial charge in [-0.05, 0) is 5.56 Å². The highest BCUT2D eigenvalue weighted by atomic mass is 16.3. The van der Waals surface area contributed by atoms with Crippen molar-refractivity contribution in [3.05, 3.63) is 35.9 Å². The molecule has 2 atom stereocenters. The van der Waals surface area contributed by atoms with E-state index >= 15 is 0 Å². The average Bonchev–Trinajstić information content (AvgIpc) is 2.26. The zero-order valence-electron chi connectivity index (χ0n) is 8.35. The van der Waals surface area contributed by atoms with E-state index in [4.69, 9.17) is 5.11 Å². The van der Waals surface area contributed by atoms with Gasteiger partial charge in [0, 0.05) is 12.5 Å². The van der Waals surface area contributed by atoms with Crippen LogP contribution in [0.2, 0.25) is 0 Å². The lowest BCUT2D eigenvalue weighted by atomic mass is 10.00. The first kappa shape index (κ1) is 11.2. The van der Waals surface area contributed by atoms with Crippen LogP contribution < -0.4 is 5.32 Å². The minimum absolute atomic E-state index is 0.0303. The summed E-state index contributed by atoms with van der Waals surface area (Å²) in [7, 11) is 0. The molecule has 1 rings (SSSR count). The first-order valence-electron chi connectivity index (χ1n) is 4.83. The molecular weight excluding hydrogens is 178 g/mol. The summed E-state index contributed by atoms with van der Waals surface area (Å²) in [5.41, 5.74) is 1.09. The van der Waals surface area contributed by atoms with Gasteiger partial charge in [0.15, 0.2) is 0 Å². The maximum Gasteiger partial charge on any atom is 0.111 e. The Kier molecular flexibility index (Phi) is 4.59. The van der Waals surface area contributed by atoms with Crippen molar-refractivity contribution in [2.45, 2.75) is 19.1 Å². The van der Waals surface area contributed by atoms with Crippen molar-refractivity contribution in [2.75, 3.05) is 13.2 Å². The molecule has 0 aliphatic rings. The minimum Gasteiger partial charge on any atom is -0.395 e. The fraction of sp³-hybridized carbons (Fsp3) is 0.455. The maximum absolute atomic E-state index is 9.68. The molecule has 0 heterocycles. The fourth-order valence-electron chi connectivity index (χ4n) is 1.33. The molecular formula is C11H17NO2. The van der Waals surface area contributed by atoms with E-state index in [1.165, 1.54) is 0 Å². The molecule has 14 heavy (non-hydrogen) atoms. The van der Waals surface area contributed by atoms with Crippen molar-refractivity contribution in [2.24, 2.45) is 0 Å². The number of nitrogens with one attached hydrogen (secondary N) is 1. The van der Waals surface area contributed by atoms with E-state index < -0.39 is 6.23 Å². The quantitative estimate of drug-likeness (QED) is 0.606. The van der Waals surface area contributed by atoms with Gasteiger partial charge in [-0.3, -0.25) is 5.32 Å². The van der Waals surface area contributed by atoms with E-state index in [0.717, 1.165) is 5.56 Å². The van der Waals surface area contributed by atoms with Gasteiger partial charge in [0.25, 0.3) is 0 Å². The highest BCUT2D eigenvalue weighted by Crippen LogP contribution is 2.16. The summed E-state index contributed by atoms with van der Waals surface area (Å²) >= 11 is 0. The Morgan fingerprint density at radius 2 is 1.93 bits per heavy atom. The number of aliphatic hydroxyl groups excluding tert-OH is 2. The highest BCUT2D eigenvalue weighted by molar-refractivity contribution is 5.19. The Labute approximate surface area is 84.4 Å². The summed E-state index contributed by atoms with van der Waals surface area (Å²) in [6, 6.07) is 9.81. The predicted molar refractivity (Wildman–Crippen MR) is 56.0 cm³/mol. The third-order valence-corrected chi connectivity index (χ3v) is 2.26. The van der Waals surface area contributed by atoms with Crippen LogP contribution in [0.3, 0.4) is 0 Å². The number of hydrogen-bond acceptors (Lipinski definition) is 3. The molecule has 2 unspecified atom stereocenters. The topological polar surface area (TPSA) is 52.5 Å². The molecule has 0 aliphatic heterocycles. The molecule has 0 saturated carbocycles.